The fourth-order valence-electron chi connectivity index (χ4n) is 3.93. The summed E-state index contributed by atoms with van der Waals surface area (Å²) in [6.45, 7) is 1.67. The molecular formula is C27H26F3N3O4S. The van der Waals surface area contributed by atoms with Gasteiger partial charge < -0.3 is 14.8 Å². The predicted molar refractivity (Wildman–Crippen MR) is 139 cm³/mol. The summed E-state index contributed by atoms with van der Waals surface area (Å²) in [6.07, 6.45) is 1.27. The molecule has 0 saturated carbocycles. The van der Waals surface area contributed by atoms with E-state index in [0.717, 1.165) is 37.8 Å². The van der Waals surface area contributed by atoms with Crippen LogP contribution in [0.2, 0.25) is 0 Å². The van der Waals surface area contributed by atoms with Gasteiger partial charge in [-0.3, -0.25) is 9.59 Å². The van der Waals surface area contributed by atoms with Gasteiger partial charge in [0, 0.05) is 10.6 Å². The molecule has 0 unspecified atom stereocenters. The molecule has 200 valence electrons. The number of hydrazone groups is 1. The van der Waals surface area contributed by atoms with E-state index >= 15 is 0 Å². The van der Waals surface area contributed by atoms with Crippen LogP contribution in [0.25, 0.3) is 0 Å². The van der Waals surface area contributed by atoms with Crippen molar-refractivity contribution in [3.63, 3.8) is 0 Å². The van der Waals surface area contributed by atoms with E-state index in [4.69, 9.17) is 9.47 Å². The Balaban J connectivity index is 1.34. The van der Waals surface area contributed by atoms with Gasteiger partial charge in [0.05, 0.1) is 23.3 Å². The van der Waals surface area contributed by atoms with Crippen LogP contribution in [0, 0.1) is 0 Å². The molecule has 2 amide bonds. The van der Waals surface area contributed by atoms with E-state index in [1.165, 1.54) is 40.1 Å². The molecule has 0 atom stereocenters. The van der Waals surface area contributed by atoms with Crippen LogP contribution in [0.4, 0.5) is 18.9 Å². The van der Waals surface area contributed by atoms with Crippen LogP contribution in [0.3, 0.4) is 0 Å². The highest BCUT2D eigenvalue weighted by molar-refractivity contribution is 7.14. The third-order valence-electron chi connectivity index (χ3n) is 5.70. The number of halogens is 3. The first-order valence-electron chi connectivity index (χ1n) is 12.0. The Morgan fingerprint density at radius 2 is 1.87 bits per heavy atom. The molecule has 7 nitrogen and oxygen atoms in total. The number of nitrogens with one attached hydrogen (secondary N) is 2. The largest absolute Gasteiger partial charge is 0.490 e. The van der Waals surface area contributed by atoms with Gasteiger partial charge in [0.15, 0.2) is 18.1 Å². The average Bonchev–Trinajstić information content (AvgIpc) is 3.33. The molecule has 38 heavy (non-hydrogen) atoms. The minimum absolute atomic E-state index is 0.00906. The van der Waals surface area contributed by atoms with Crippen LogP contribution < -0.4 is 20.2 Å². The lowest BCUT2D eigenvalue weighted by molar-refractivity contribution is -0.137. The Labute approximate surface area is 221 Å². The summed E-state index contributed by atoms with van der Waals surface area (Å²) in [5.74, 6) is -0.273. The van der Waals surface area contributed by atoms with E-state index in [0.29, 0.717) is 22.8 Å². The number of benzene rings is 2. The predicted octanol–water partition coefficient (Wildman–Crippen LogP) is 5.83. The molecule has 0 radical (unpaired) electrons. The highest BCUT2D eigenvalue weighted by atomic mass is 32.1. The fourth-order valence-corrected chi connectivity index (χ4v) is 5.07. The molecule has 1 aliphatic rings. The quantitative estimate of drug-likeness (QED) is 0.262. The summed E-state index contributed by atoms with van der Waals surface area (Å²) < 4.78 is 49.8. The minimum atomic E-state index is -4.51. The molecule has 0 saturated heterocycles. The van der Waals surface area contributed by atoms with Crippen LogP contribution in [0.5, 0.6) is 11.5 Å². The van der Waals surface area contributed by atoms with Crippen molar-refractivity contribution in [2.75, 3.05) is 18.5 Å². The number of hydrogen-bond acceptors (Lipinski definition) is 6. The molecule has 4 rings (SSSR count). The Morgan fingerprint density at radius 3 is 2.63 bits per heavy atom. The highest BCUT2D eigenvalue weighted by Gasteiger charge is 2.30. The zero-order valence-corrected chi connectivity index (χ0v) is 21.4. The van der Waals surface area contributed by atoms with Gasteiger partial charge in [0.1, 0.15) is 0 Å². The smallest absolute Gasteiger partial charge is 0.416 e. The number of carbonyl (C=O) groups excluding carboxylic acids is 2. The summed E-state index contributed by atoms with van der Waals surface area (Å²) in [5, 5.41) is 6.43. The molecular weight excluding hydrogens is 519 g/mol. The van der Waals surface area contributed by atoms with Gasteiger partial charge in [-0.25, -0.2) is 5.43 Å². The van der Waals surface area contributed by atoms with Gasteiger partial charge in [0.2, 0.25) is 0 Å². The van der Waals surface area contributed by atoms with Crippen molar-refractivity contribution in [2.24, 2.45) is 5.10 Å². The lowest BCUT2D eigenvalue weighted by atomic mass is 9.99. The molecule has 0 fully saturated rings. The first-order valence-corrected chi connectivity index (χ1v) is 12.9. The maximum atomic E-state index is 12.9. The number of thiophene rings is 1. The van der Waals surface area contributed by atoms with Crippen molar-refractivity contribution in [1.82, 2.24) is 5.43 Å². The van der Waals surface area contributed by atoms with Crippen molar-refractivity contribution in [2.45, 2.75) is 38.8 Å². The number of rotatable bonds is 9. The summed E-state index contributed by atoms with van der Waals surface area (Å²) in [4.78, 5) is 26.6. The van der Waals surface area contributed by atoms with E-state index in [1.54, 1.807) is 25.1 Å². The highest BCUT2D eigenvalue weighted by Crippen LogP contribution is 2.32. The van der Waals surface area contributed by atoms with E-state index < -0.39 is 24.3 Å². The van der Waals surface area contributed by atoms with Crippen LogP contribution in [-0.2, 0) is 23.8 Å². The van der Waals surface area contributed by atoms with Crippen molar-refractivity contribution >= 4 is 35.1 Å². The minimum Gasteiger partial charge on any atom is -0.490 e. The van der Waals surface area contributed by atoms with Gasteiger partial charge in [-0.2, -0.15) is 18.3 Å². The SMILES string of the molecule is CCOc1cc(/C=N/NC(=O)c2cc3c(s2)CCCC3)ccc1OCC(=O)Nc1cccc(C(F)(F)F)c1. The van der Waals surface area contributed by atoms with Crippen LogP contribution >= 0.6 is 11.3 Å². The molecule has 2 aromatic carbocycles. The van der Waals surface area contributed by atoms with Gasteiger partial charge >= 0.3 is 6.18 Å². The number of aryl methyl sites for hydroxylation is 2. The maximum absolute atomic E-state index is 12.9. The summed E-state index contributed by atoms with van der Waals surface area (Å²) in [6, 6.07) is 11.2. The molecule has 1 aromatic heterocycles. The molecule has 2 N–H and O–H groups in total. The first-order chi connectivity index (χ1) is 18.2. The lowest BCUT2D eigenvalue weighted by Gasteiger charge is -2.13. The molecule has 0 aliphatic heterocycles. The third kappa shape index (κ3) is 7.12. The van der Waals surface area contributed by atoms with Crippen LogP contribution in [0.15, 0.2) is 53.6 Å². The standard InChI is InChI=1S/C27H26F3N3O4S/c1-2-36-22-12-17(15-31-33-26(35)24-13-18-6-3-4-9-23(18)38-24)10-11-21(22)37-16-25(34)32-20-8-5-7-19(14-20)27(28,29)30/h5,7-8,10-15H,2-4,6,9,16H2,1H3,(H,32,34)(H,33,35)/b31-15+. The van der Waals surface area contributed by atoms with E-state index in [9.17, 15) is 22.8 Å². The van der Waals surface area contributed by atoms with Gasteiger partial charge in [0.25, 0.3) is 11.8 Å². The summed E-state index contributed by atoms with van der Waals surface area (Å²) in [7, 11) is 0. The number of hydrogen-bond donors (Lipinski definition) is 2. The third-order valence-corrected chi connectivity index (χ3v) is 6.94. The summed E-state index contributed by atoms with van der Waals surface area (Å²) in [5.41, 5.74) is 3.56. The topological polar surface area (TPSA) is 89.0 Å². The second-order valence-electron chi connectivity index (χ2n) is 8.52. The first kappa shape index (κ1) is 27.2. The monoisotopic (exact) mass is 545 g/mol. The second kappa shape index (κ2) is 12.1. The Kier molecular flexibility index (Phi) is 8.67. The lowest BCUT2D eigenvalue weighted by Crippen LogP contribution is -2.20. The van der Waals surface area contributed by atoms with Crippen molar-refractivity contribution in [3.05, 3.63) is 75.0 Å². The van der Waals surface area contributed by atoms with Crippen molar-refractivity contribution < 1.29 is 32.2 Å². The number of anilines is 1. The maximum Gasteiger partial charge on any atom is 0.416 e. The van der Waals surface area contributed by atoms with Crippen LogP contribution in [-0.4, -0.2) is 31.2 Å². The van der Waals surface area contributed by atoms with E-state index in [-0.39, 0.29) is 17.3 Å². The number of alkyl halides is 3. The van der Waals surface area contributed by atoms with Gasteiger partial charge in [-0.05, 0) is 86.2 Å². The molecule has 11 heteroatoms. The Bertz CT molecular complexity index is 1310. The van der Waals surface area contributed by atoms with Crippen LogP contribution in [0.1, 0.15) is 51.0 Å². The number of amides is 2. The fraction of sp³-hybridized carbons (Fsp3) is 0.296. The molecule has 1 aliphatic carbocycles. The van der Waals surface area contributed by atoms with Crippen molar-refractivity contribution in [1.29, 1.82) is 0 Å². The zero-order valence-electron chi connectivity index (χ0n) is 20.6. The molecule has 0 bridgehead atoms. The van der Waals surface area contributed by atoms with E-state index in [2.05, 4.69) is 15.8 Å². The van der Waals surface area contributed by atoms with E-state index in [1.807, 2.05) is 6.07 Å². The summed E-state index contributed by atoms with van der Waals surface area (Å²) >= 11 is 1.51. The number of nitrogens with zero attached hydrogens (tertiary/aromatic N) is 1. The average molecular weight is 546 g/mol. The van der Waals surface area contributed by atoms with Gasteiger partial charge in [-0.15, -0.1) is 11.3 Å². The number of ether oxygens (including phenoxy) is 2. The normalized spacial score (nSPS) is 13.2. The second-order valence-corrected chi connectivity index (χ2v) is 9.66. The zero-order chi connectivity index (χ0) is 27.1. The molecule has 1 heterocycles. The molecule has 0 spiro atoms. The Morgan fingerprint density at radius 1 is 1.05 bits per heavy atom. The number of fused-ring (bicyclic) bond motifs is 1. The Hall–Kier alpha value is -3.86. The number of carbonyl (C=O) groups is 2. The van der Waals surface area contributed by atoms with Gasteiger partial charge in [-0.1, -0.05) is 6.07 Å². The van der Waals surface area contributed by atoms with Crippen molar-refractivity contribution in [3.8, 4) is 11.5 Å². The molecule has 3 aromatic rings.